The largest absolute Gasteiger partial charge is 0.497 e. The minimum absolute atomic E-state index is 0.140. The second-order valence-corrected chi connectivity index (χ2v) is 7.44. The van der Waals surface area contributed by atoms with Crippen molar-refractivity contribution in [3.63, 3.8) is 0 Å². The maximum absolute atomic E-state index is 13.0. The number of ether oxygens (including phenoxy) is 3. The molecule has 0 aromatic heterocycles. The summed E-state index contributed by atoms with van der Waals surface area (Å²) in [7, 11) is 3.12. The molecule has 0 radical (unpaired) electrons. The number of hydrogen-bond acceptors (Lipinski definition) is 5. The Balaban J connectivity index is 1.64. The summed E-state index contributed by atoms with van der Waals surface area (Å²) in [6.07, 6.45) is 8.23. The molecule has 0 saturated heterocycles. The van der Waals surface area contributed by atoms with Crippen LogP contribution in [0.25, 0.3) is 6.08 Å². The van der Waals surface area contributed by atoms with E-state index in [4.69, 9.17) is 14.2 Å². The van der Waals surface area contributed by atoms with E-state index in [0.717, 1.165) is 31.4 Å². The van der Waals surface area contributed by atoms with E-state index in [1.54, 1.807) is 43.4 Å². The van der Waals surface area contributed by atoms with Gasteiger partial charge in [-0.2, -0.15) is 0 Å². The summed E-state index contributed by atoms with van der Waals surface area (Å²) < 4.78 is 15.7. The molecule has 0 spiro atoms. The Morgan fingerprint density at radius 3 is 2.42 bits per heavy atom. The van der Waals surface area contributed by atoms with Gasteiger partial charge in [0, 0.05) is 29.4 Å². The van der Waals surface area contributed by atoms with Crippen molar-refractivity contribution in [3.05, 3.63) is 60.2 Å². The number of esters is 1. The Morgan fingerprint density at radius 1 is 1.00 bits per heavy atom. The fraction of sp³-hybridized carbons (Fsp3) is 0.360. The van der Waals surface area contributed by atoms with Gasteiger partial charge in [-0.3, -0.25) is 4.79 Å². The highest BCUT2D eigenvalue weighted by Gasteiger charge is 2.27. The Bertz CT molecular complexity index is 903. The third-order valence-electron chi connectivity index (χ3n) is 5.42. The van der Waals surface area contributed by atoms with E-state index in [9.17, 15) is 9.59 Å². The molecule has 2 aromatic rings. The molecule has 2 aromatic carbocycles. The van der Waals surface area contributed by atoms with Crippen LogP contribution < -0.4 is 14.4 Å². The Kier molecular flexibility index (Phi) is 8.10. The molecule has 0 unspecified atom stereocenters. The first-order valence-electron chi connectivity index (χ1n) is 10.6. The first-order valence-corrected chi connectivity index (χ1v) is 10.6. The molecular weight excluding hydrogens is 394 g/mol. The molecule has 3 rings (SSSR count). The second-order valence-electron chi connectivity index (χ2n) is 7.44. The van der Waals surface area contributed by atoms with Crippen LogP contribution >= 0.6 is 0 Å². The van der Waals surface area contributed by atoms with Crippen molar-refractivity contribution in [3.8, 4) is 11.5 Å². The smallest absolute Gasteiger partial charge is 0.331 e. The molecule has 0 heterocycles. The van der Waals surface area contributed by atoms with Gasteiger partial charge in [0.25, 0.3) is 5.91 Å². The van der Waals surface area contributed by atoms with Crippen LogP contribution in [0.15, 0.2) is 54.6 Å². The van der Waals surface area contributed by atoms with Crippen LogP contribution in [-0.2, 0) is 14.3 Å². The minimum atomic E-state index is -0.581. The van der Waals surface area contributed by atoms with Gasteiger partial charge >= 0.3 is 5.97 Å². The van der Waals surface area contributed by atoms with Crippen molar-refractivity contribution < 1.29 is 23.8 Å². The topological polar surface area (TPSA) is 65.1 Å². The zero-order valence-corrected chi connectivity index (χ0v) is 18.1. The average molecular weight is 424 g/mol. The highest BCUT2D eigenvalue weighted by molar-refractivity contribution is 5.97. The van der Waals surface area contributed by atoms with Gasteiger partial charge in [-0.25, -0.2) is 4.79 Å². The number of para-hydroxylation sites is 1. The van der Waals surface area contributed by atoms with Gasteiger partial charge < -0.3 is 19.1 Å². The third kappa shape index (κ3) is 6.10. The summed E-state index contributed by atoms with van der Waals surface area (Å²) in [5, 5.41) is 0. The molecule has 31 heavy (non-hydrogen) atoms. The van der Waals surface area contributed by atoms with E-state index in [-0.39, 0.29) is 18.6 Å². The van der Waals surface area contributed by atoms with Gasteiger partial charge in [0.1, 0.15) is 11.5 Å². The number of nitrogens with zero attached hydrogens (tertiary/aromatic N) is 1. The zero-order valence-electron chi connectivity index (χ0n) is 18.1. The van der Waals surface area contributed by atoms with E-state index in [0.29, 0.717) is 17.1 Å². The van der Waals surface area contributed by atoms with Crippen LogP contribution in [0.2, 0.25) is 0 Å². The highest BCUT2D eigenvalue weighted by atomic mass is 16.5. The minimum Gasteiger partial charge on any atom is -0.497 e. The Labute approximate surface area is 183 Å². The molecule has 0 N–H and O–H groups in total. The summed E-state index contributed by atoms with van der Waals surface area (Å²) >= 11 is 0. The molecule has 1 aliphatic rings. The van der Waals surface area contributed by atoms with Gasteiger partial charge in [-0.15, -0.1) is 0 Å². The molecule has 1 fully saturated rings. The van der Waals surface area contributed by atoms with E-state index in [1.165, 1.54) is 12.5 Å². The van der Waals surface area contributed by atoms with Crippen molar-refractivity contribution in [1.29, 1.82) is 0 Å². The van der Waals surface area contributed by atoms with Crippen LogP contribution in [0.1, 0.15) is 37.7 Å². The predicted molar refractivity (Wildman–Crippen MR) is 120 cm³/mol. The van der Waals surface area contributed by atoms with Crippen LogP contribution in [0.3, 0.4) is 0 Å². The number of carbonyl (C=O) groups excluding carboxylic acids is 2. The molecule has 1 amide bonds. The summed E-state index contributed by atoms with van der Waals surface area (Å²) in [6, 6.07) is 15.0. The molecule has 0 aliphatic heterocycles. The lowest BCUT2D eigenvalue weighted by atomic mass is 9.93. The van der Waals surface area contributed by atoms with Crippen LogP contribution in [0, 0.1) is 0 Å². The van der Waals surface area contributed by atoms with Crippen molar-refractivity contribution in [1.82, 2.24) is 0 Å². The molecule has 6 heteroatoms. The lowest BCUT2D eigenvalue weighted by Gasteiger charge is -2.34. The quantitative estimate of drug-likeness (QED) is 0.458. The van der Waals surface area contributed by atoms with Crippen LogP contribution in [0.5, 0.6) is 11.5 Å². The van der Waals surface area contributed by atoms with Gasteiger partial charge in [-0.05, 0) is 43.2 Å². The van der Waals surface area contributed by atoms with E-state index < -0.39 is 5.97 Å². The Morgan fingerprint density at radius 2 is 1.74 bits per heavy atom. The molecular formula is C25H29NO5. The van der Waals surface area contributed by atoms with E-state index in [2.05, 4.69) is 0 Å². The van der Waals surface area contributed by atoms with E-state index in [1.807, 2.05) is 30.3 Å². The Hall–Kier alpha value is -3.28. The number of rotatable bonds is 8. The molecule has 0 bridgehead atoms. The van der Waals surface area contributed by atoms with Crippen molar-refractivity contribution in [2.45, 2.75) is 38.1 Å². The van der Waals surface area contributed by atoms with Gasteiger partial charge in [0.15, 0.2) is 6.61 Å². The number of benzene rings is 2. The number of anilines is 1. The summed E-state index contributed by atoms with van der Waals surface area (Å²) in [5.41, 5.74) is 1.55. The maximum Gasteiger partial charge on any atom is 0.331 e. The van der Waals surface area contributed by atoms with E-state index >= 15 is 0 Å². The van der Waals surface area contributed by atoms with Crippen LogP contribution in [-0.4, -0.2) is 38.7 Å². The maximum atomic E-state index is 13.0. The second kappa shape index (κ2) is 11.2. The lowest BCUT2D eigenvalue weighted by Crippen LogP contribution is -2.43. The molecule has 1 saturated carbocycles. The van der Waals surface area contributed by atoms with Crippen LogP contribution in [0.4, 0.5) is 5.69 Å². The summed E-state index contributed by atoms with van der Waals surface area (Å²) in [6.45, 7) is -0.297. The fourth-order valence-electron chi connectivity index (χ4n) is 3.85. The summed E-state index contributed by atoms with van der Waals surface area (Å²) in [4.78, 5) is 27.0. The van der Waals surface area contributed by atoms with Crippen molar-refractivity contribution >= 4 is 23.6 Å². The number of hydrogen-bond donors (Lipinski definition) is 0. The van der Waals surface area contributed by atoms with Crippen molar-refractivity contribution in [2.24, 2.45) is 0 Å². The number of amides is 1. The molecule has 0 atom stereocenters. The molecule has 1 aliphatic carbocycles. The lowest BCUT2D eigenvalue weighted by molar-refractivity contribution is -0.143. The standard InChI is InChI=1S/C25H29NO5/c1-29-22-15-13-19(23(17-22)30-2)14-16-25(28)31-18-24(27)26(20-9-5-3-6-10-20)21-11-7-4-8-12-21/h3,5-6,9-10,13-17,21H,4,7-8,11-12,18H2,1-2H3/b16-14+. The summed E-state index contributed by atoms with van der Waals surface area (Å²) in [5.74, 6) is 0.447. The fourth-order valence-corrected chi connectivity index (χ4v) is 3.85. The predicted octanol–water partition coefficient (Wildman–Crippen LogP) is 4.63. The van der Waals surface area contributed by atoms with Gasteiger partial charge in [-0.1, -0.05) is 37.5 Å². The molecule has 164 valence electrons. The normalized spacial score (nSPS) is 14.3. The average Bonchev–Trinajstić information content (AvgIpc) is 2.82. The SMILES string of the molecule is COc1ccc(/C=C/C(=O)OCC(=O)N(c2ccccc2)C2CCCCC2)c(OC)c1. The van der Waals surface area contributed by atoms with Crippen molar-refractivity contribution in [2.75, 3.05) is 25.7 Å². The number of carbonyl (C=O) groups is 2. The number of methoxy groups -OCH3 is 2. The first kappa shape index (κ1) is 22.4. The van der Waals surface area contributed by atoms with Gasteiger partial charge in [0.2, 0.25) is 0 Å². The van der Waals surface area contributed by atoms with Gasteiger partial charge in [0.05, 0.1) is 14.2 Å². The highest BCUT2D eigenvalue weighted by Crippen LogP contribution is 2.28. The molecule has 6 nitrogen and oxygen atoms in total. The first-order chi connectivity index (χ1) is 15.1. The third-order valence-corrected chi connectivity index (χ3v) is 5.42. The monoisotopic (exact) mass is 423 g/mol. The zero-order chi connectivity index (χ0) is 22.1.